The van der Waals surface area contributed by atoms with E-state index in [0.717, 1.165) is 0 Å². The third kappa shape index (κ3) is 1.81. The topological polar surface area (TPSA) is 26.3 Å². The minimum absolute atomic E-state index is 1.65. The number of rotatable bonds is 1. The summed E-state index contributed by atoms with van der Waals surface area (Å²) >= 11 is 2.07. The van der Waals surface area contributed by atoms with Crippen LogP contribution in [0.3, 0.4) is 0 Å². The first kappa shape index (κ1) is 11.9. The molecule has 1 rings (SSSR count). The van der Waals surface area contributed by atoms with Crippen LogP contribution in [0.5, 0.6) is 0 Å². The molecular formula is C7BrF5O2. The molecule has 1 aromatic carbocycles. The molecule has 0 unspecified atom stereocenters. The van der Waals surface area contributed by atoms with Gasteiger partial charge in [0.05, 0.1) is 0 Å². The van der Waals surface area contributed by atoms with Gasteiger partial charge in [-0.15, -0.1) is 0 Å². The largest absolute Gasteiger partial charge is 0.380 e. The fourth-order valence-electron chi connectivity index (χ4n) is 0.823. The molecule has 0 bridgehead atoms. The lowest BCUT2D eigenvalue weighted by Gasteiger charge is -2.04. The van der Waals surface area contributed by atoms with Crippen molar-refractivity contribution in [3.63, 3.8) is 0 Å². The van der Waals surface area contributed by atoms with Crippen molar-refractivity contribution in [1.29, 1.82) is 0 Å². The zero-order valence-corrected chi connectivity index (χ0v) is 8.17. The predicted octanol–water partition coefficient (Wildman–Crippen LogP) is 2.85. The Kier molecular flexibility index (Phi) is 3.28. The van der Waals surface area contributed by atoms with Gasteiger partial charge < -0.3 is 3.83 Å². The van der Waals surface area contributed by atoms with Crippen LogP contribution >= 0.6 is 16.3 Å². The van der Waals surface area contributed by atoms with E-state index in [-0.39, 0.29) is 0 Å². The molecule has 0 amide bonds. The molecule has 0 radical (unpaired) electrons. The molecule has 0 aliphatic heterocycles. The predicted molar refractivity (Wildman–Crippen MR) is 40.6 cm³/mol. The molecule has 0 fully saturated rings. The summed E-state index contributed by atoms with van der Waals surface area (Å²) in [7, 11) is 0. The van der Waals surface area contributed by atoms with Crippen molar-refractivity contribution in [2.45, 2.75) is 0 Å². The Labute approximate surface area is 88.1 Å². The van der Waals surface area contributed by atoms with Gasteiger partial charge in [-0.25, -0.2) is 26.7 Å². The fraction of sp³-hybridized carbons (Fsp3) is 0. The van der Waals surface area contributed by atoms with Crippen LogP contribution in [0, 0.1) is 29.1 Å². The molecule has 0 spiro atoms. The second kappa shape index (κ2) is 4.13. The number of hydrogen-bond acceptors (Lipinski definition) is 2. The Bertz CT molecular complexity index is 405. The number of hydrogen-bond donors (Lipinski definition) is 0. The Morgan fingerprint density at radius 3 is 1.53 bits per heavy atom. The Morgan fingerprint density at radius 2 is 1.20 bits per heavy atom. The van der Waals surface area contributed by atoms with Crippen molar-refractivity contribution in [1.82, 2.24) is 0 Å². The van der Waals surface area contributed by atoms with E-state index in [4.69, 9.17) is 0 Å². The molecule has 0 N–H and O–H groups in total. The van der Waals surface area contributed by atoms with E-state index in [9.17, 15) is 26.7 Å². The second-order valence-corrected chi connectivity index (χ2v) is 2.63. The molecule has 82 valence electrons. The lowest BCUT2D eigenvalue weighted by atomic mass is 10.1. The van der Waals surface area contributed by atoms with E-state index >= 15 is 0 Å². The van der Waals surface area contributed by atoms with Crippen LogP contribution in [-0.2, 0) is 3.83 Å². The SMILES string of the molecule is O=C(OBr)c1c(F)c(F)c(F)c(F)c1F. The first-order chi connectivity index (χ1) is 6.91. The van der Waals surface area contributed by atoms with E-state index in [0.29, 0.717) is 0 Å². The lowest BCUT2D eigenvalue weighted by Crippen LogP contribution is -2.12. The smallest absolute Gasteiger partial charge is 0.355 e. The van der Waals surface area contributed by atoms with E-state index in [1.807, 2.05) is 0 Å². The van der Waals surface area contributed by atoms with Gasteiger partial charge in [-0.1, -0.05) is 0 Å². The average Bonchev–Trinajstić information content (AvgIpc) is 2.23. The van der Waals surface area contributed by atoms with Gasteiger partial charge in [-0.2, -0.15) is 0 Å². The monoisotopic (exact) mass is 290 g/mol. The van der Waals surface area contributed by atoms with Crippen LogP contribution in [-0.4, -0.2) is 5.97 Å². The standard InChI is InChI=1S/C7BrF5O2/c8-15-7(14)1-2(9)4(11)6(13)5(12)3(1)10. The molecule has 0 saturated carbocycles. The molecule has 15 heavy (non-hydrogen) atoms. The fourth-order valence-corrected chi connectivity index (χ4v) is 0.985. The molecule has 8 heteroatoms. The summed E-state index contributed by atoms with van der Waals surface area (Å²) in [5, 5.41) is 0. The minimum Gasteiger partial charge on any atom is -0.380 e. The van der Waals surface area contributed by atoms with Gasteiger partial charge >= 0.3 is 5.97 Å². The van der Waals surface area contributed by atoms with Gasteiger partial charge in [0.15, 0.2) is 39.5 Å². The van der Waals surface area contributed by atoms with Crippen molar-refractivity contribution in [2.75, 3.05) is 0 Å². The van der Waals surface area contributed by atoms with Crippen molar-refractivity contribution in [3.8, 4) is 0 Å². The highest BCUT2D eigenvalue weighted by Crippen LogP contribution is 2.23. The summed E-state index contributed by atoms with van der Waals surface area (Å²) in [4.78, 5) is 10.7. The van der Waals surface area contributed by atoms with Gasteiger partial charge in [0, 0.05) is 0 Å². The molecule has 1 aromatic rings. The van der Waals surface area contributed by atoms with Crippen LogP contribution in [0.2, 0.25) is 0 Å². The third-order valence-corrected chi connectivity index (χ3v) is 1.78. The molecule has 0 atom stereocenters. The quantitative estimate of drug-likeness (QED) is 0.452. The molecular weight excluding hydrogens is 291 g/mol. The highest BCUT2D eigenvalue weighted by Gasteiger charge is 2.30. The van der Waals surface area contributed by atoms with E-state index in [2.05, 4.69) is 20.1 Å². The maximum atomic E-state index is 12.8. The normalized spacial score (nSPS) is 10.3. The van der Waals surface area contributed by atoms with E-state index in [1.165, 1.54) is 0 Å². The van der Waals surface area contributed by atoms with Gasteiger partial charge in [0.1, 0.15) is 5.56 Å². The van der Waals surface area contributed by atoms with Gasteiger partial charge in [0.2, 0.25) is 5.82 Å². The molecule has 0 aliphatic carbocycles. The average molecular weight is 291 g/mol. The summed E-state index contributed by atoms with van der Waals surface area (Å²) < 4.78 is 66.8. The molecule has 0 saturated heterocycles. The van der Waals surface area contributed by atoms with E-state index < -0.39 is 40.6 Å². The highest BCUT2D eigenvalue weighted by atomic mass is 79.9. The van der Waals surface area contributed by atoms with Crippen molar-refractivity contribution < 1.29 is 30.6 Å². The van der Waals surface area contributed by atoms with Gasteiger partial charge in [0.25, 0.3) is 0 Å². The van der Waals surface area contributed by atoms with Crippen molar-refractivity contribution in [3.05, 3.63) is 34.6 Å². The zero-order valence-electron chi connectivity index (χ0n) is 6.58. The first-order valence-electron chi connectivity index (χ1n) is 3.26. The third-order valence-electron chi connectivity index (χ3n) is 1.48. The number of benzene rings is 1. The zero-order chi connectivity index (χ0) is 11.7. The number of halogens is 6. The second-order valence-electron chi connectivity index (χ2n) is 2.31. The minimum atomic E-state index is -2.34. The number of carbonyl (C=O) groups excluding carboxylic acids is 1. The van der Waals surface area contributed by atoms with Crippen molar-refractivity contribution >= 4 is 22.2 Å². The van der Waals surface area contributed by atoms with Crippen LogP contribution in [0.25, 0.3) is 0 Å². The summed E-state index contributed by atoms with van der Waals surface area (Å²) in [6, 6.07) is 0. The van der Waals surface area contributed by atoms with Gasteiger partial charge in [-0.3, -0.25) is 0 Å². The van der Waals surface area contributed by atoms with Crippen LogP contribution < -0.4 is 0 Å². The summed E-state index contributed by atoms with van der Waals surface area (Å²) in [5.74, 6) is -12.9. The summed E-state index contributed by atoms with van der Waals surface area (Å²) in [6.07, 6.45) is 0. The summed E-state index contributed by atoms with van der Waals surface area (Å²) in [6.45, 7) is 0. The van der Waals surface area contributed by atoms with Gasteiger partial charge in [-0.05, 0) is 0 Å². The molecule has 0 aromatic heterocycles. The van der Waals surface area contributed by atoms with Crippen LogP contribution in [0.4, 0.5) is 22.0 Å². The molecule has 2 nitrogen and oxygen atoms in total. The maximum absolute atomic E-state index is 12.8. The van der Waals surface area contributed by atoms with Crippen LogP contribution in [0.15, 0.2) is 0 Å². The molecule has 0 aliphatic rings. The number of carbonyl (C=O) groups is 1. The Balaban J connectivity index is 3.60. The molecule has 0 heterocycles. The lowest BCUT2D eigenvalue weighted by molar-refractivity contribution is 0.0768. The Morgan fingerprint density at radius 1 is 0.867 bits per heavy atom. The Hall–Kier alpha value is -1.18. The maximum Gasteiger partial charge on any atom is 0.355 e. The highest BCUT2D eigenvalue weighted by molar-refractivity contribution is 9.06. The van der Waals surface area contributed by atoms with Crippen LogP contribution in [0.1, 0.15) is 10.4 Å². The first-order valence-corrected chi connectivity index (χ1v) is 3.90. The summed E-state index contributed by atoms with van der Waals surface area (Å²) in [5.41, 5.74) is -1.65. The van der Waals surface area contributed by atoms with E-state index in [1.54, 1.807) is 0 Å². The van der Waals surface area contributed by atoms with Crippen molar-refractivity contribution in [2.24, 2.45) is 0 Å².